The Morgan fingerprint density at radius 1 is 1.00 bits per heavy atom. The van der Waals surface area contributed by atoms with E-state index < -0.39 is 42.8 Å². The number of nitro benzene ring substituents is 2. The van der Waals surface area contributed by atoms with Crippen LogP contribution in [0.15, 0.2) is 12.1 Å². The fourth-order valence-corrected chi connectivity index (χ4v) is 1.61. The number of carbonyl (C=O) groups excluding carboxylic acids is 2. The van der Waals surface area contributed by atoms with Gasteiger partial charge in [-0.15, -0.1) is 0 Å². The molecule has 0 aliphatic heterocycles. The first-order valence-corrected chi connectivity index (χ1v) is 4.88. The molecule has 0 saturated heterocycles. The van der Waals surface area contributed by atoms with Crippen molar-refractivity contribution >= 4 is 45.1 Å². The van der Waals surface area contributed by atoms with Crippen molar-refractivity contribution in [3.05, 3.63) is 43.5 Å². The summed E-state index contributed by atoms with van der Waals surface area (Å²) in [6.07, 6.45) is 0. The van der Waals surface area contributed by atoms with Crippen LogP contribution in [-0.4, -0.2) is 20.3 Å². The van der Waals surface area contributed by atoms with Crippen LogP contribution in [0.1, 0.15) is 20.7 Å². The van der Waals surface area contributed by atoms with Gasteiger partial charge in [0.05, 0.1) is 9.85 Å². The summed E-state index contributed by atoms with van der Waals surface area (Å²) in [4.78, 5) is 41.3. The molecular formula is C8H2Cl2N2O6. The number of benzene rings is 1. The standard InChI is InChI=1S/C8H2Cl2N2O6/c9-7(13)3-1-2-4(11(15)16)5(8(10)14)6(3)12(17)18/h1-2H. The predicted molar refractivity (Wildman–Crippen MR) is 60.1 cm³/mol. The Bertz CT molecular complexity index is 534. The molecule has 0 N–H and O–H groups in total. The maximum atomic E-state index is 11.1. The zero-order chi connectivity index (χ0) is 14.0. The molecule has 0 radical (unpaired) electrons. The minimum Gasteiger partial charge on any atom is -0.275 e. The number of halogens is 2. The largest absolute Gasteiger partial charge is 0.300 e. The monoisotopic (exact) mass is 292 g/mol. The quantitative estimate of drug-likeness (QED) is 0.477. The summed E-state index contributed by atoms with van der Waals surface area (Å²) in [5.41, 5.74) is -3.57. The Morgan fingerprint density at radius 2 is 1.56 bits per heavy atom. The second kappa shape index (κ2) is 5.07. The number of rotatable bonds is 4. The first-order chi connectivity index (χ1) is 8.27. The molecule has 1 rings (SSSR count). The Labute approximate surface area is 108 Å². The van der Waals surface area contributed by atoms with Gasteiger partial charge in [0.15, 0.2) is 5.56 Å². The normalized spacial score (nSPS) is 9.89. The maximum Gasteiger partial charge on any atom is 0.300 e. The van der Waals surface area contributed by atoms with Gasteiger partial charge in [0.1, 0.15) is 5.56 Å². The lowest BCUT2D eigenvalue weighted by Gasteiger charge is -2.02. The third kappa shape index (κ3) is 2.44. The summed E-state index contributed by atoms with van der Waals surface area (Å²) < 4.78 is 0. The second-order valence-electron chi connectivity index (χ2n) is 2.92. The van der Waals surface area contributed by atoms with Crippen molar-refractivity contribution in [2.45, 2.75) is 0 Å². The van der Waals surface area contributed by atoms with Gasteiger partial charge in [-0.25, -0.2) is 0 Å². The summed E-state index contributed by atoms with van der Waals surface area (Å²) >= 11 is 10.2. The third-order valence-electron chi connectivity index (χ3n) is 1.94. The lowest BCUT2D eigenvalue weighted by atomic mass is 10.1. The molecule has 0 aliphatic rings. The zero-order valence-corrected chi connectivity index (χ0v) is 9.77. The fourth-order valence-electron chi connectivity index (χ4n) is 1.27. The van der Waals surface area contributed by atoms with Gasteiger partial charge in [-0.05, 0) is 29.3 Å². The highest BCUT2D eigenvalue weighted by Crippen LogP contribution is 2.33. The first-order valence-electron chi connectivity index (χ1n) is 4.12. The minimum absolute atomic E-state index is 0.642. The van der Waals surface area contributed by atoms with Gasteiger partial charge < -0.3 is 0 Å². The molecule has 0 atom stereocenters. The smallest absolute Gasteiger partial charge is 0.275 e. The topological polar surface area (TPSA) is 120 Å². The van der Waals surface area contributed by atoms with Crippen molar-refractivity contribution in [3.8, 4) is 0 Å². The van der Waals surface area contributed by atoms with Crippen LogP contribution in [0.2, 0.25) is 0 Å². The second-order valence-corrected chi connectivity index (χ2v) is 3.60. The molecule has 10 heteroatoms. The molecule has 0 bridgehead atoms. The van der Waals surface area contributed by atoms with Gasteiger partial charge in [0.25, 0.3) is 16.2 Å². The fraction of sp³-hybridized carbons (Fsp3) is 0. The SMILES string of the molecule is O=C(Cl)c1ccc([N+](=O)[O-])c(C(=O)Cl)c1[N+](=O)[O-]. The summed E-state index contributed by atoms with van der Waals surface area (Å²) in [5.74, 6) is 0. The van der Waals surface area contributed by atoms with Crippen molar-refractivity contribution in [2.75, 3.05) is 0 Å². The molecule has 0 spiro atoms. The van der Waals surface area contributed by atoms with E-state index in [2.05, 4.69) is 0 Å². The summed E-state index contributed by atoms with van der Waals surface area (Å²) in [6.45, 7) is 0. The lowest BCUT2D eigenvalue weighted by molar-refractivity contribution is -0.394. The van der Waals surface area contributed by atoms with Gasteiger partial charge in [-0.2, -0.15) is 0 Å². The number of carbonyl (C=O) groups is 2. The third-order valence-corrected chi connectivity index (χ3v) is 2.34. The van der Waals surface area contributed by atoms with Crippen LogP contribution in [0.4, 0.5) is 11.4 Å². The van der Waals surface area contributed by atoms with Crippen molar-refractivity contribution < 1.29 is 19.4 Å². The Balaban J connectivity index is 3.82. The van der Waals surface area contributed by atoms with E-state index in [9.17, 15) is 29.8 Å². The highest BCUT2D eigenvalue weighted by atomic mass is 35.5. The van der Waals surface area contributed by atoms with E-state index in [0.717, 1.165) is 12.1 Å². The molecule has 0 unspecified atom stereocenters. The Hall–Kier alpha value is -2.06. The highest BCUT2D eigenvalue weighted by molar-refractivity contribution is 6.70. The maximum absolute atomic E-state index is 11.1. The summed E-state index contributed by atoms with van der Waals surface area (Å²) in [6, 6.07) is 1.53. The average Bonchev–Trinajstić information content (AvgIpc) is 2.26. The molecule has 0 saturated carbocycles. The molecule has 0 aliphatic carbocycles. The number of nitrogens with zero attached hydrogens (tertiary/aromatic N) is 2. The average molecular weight is 293 g/mol. The van der Waals surface area contributed by atoms with Gasteiger partial charge in [-0.3, -0.25) is 29.8 Å². The van der Waals surface area contributed by atoms with E-state index in [1.807, 2.05) is 0 Å². The molecule has 0 amide bonds. The summed E-state index contributed by atoms with van der Waals surface area (Å²) in [7, 11) is 0. The molecule has 0 fully saturated rings. The van der Waals surface area contributed by atoms with E-state index in [0.29, 0.717) is 0 Å². The lowest BCUT2D eigenvalue weighted by Crippen LogP contribution is -2.08. The molecule has 1 aromatic rings. The van der Waals surface area contributed by atoms with Crippen LogP contribution < -0.4 is 0 Å². The molecule has 18 heavy (non-hydrogen) atoms. The zero-order valence-electron chi connectivity index (χ0n) is 8.25. The van der Waals surface area contributed by atoms with Crippen molar-refractivity contribution in [1.82, 2.24) is 0 Å². The van der Waals surface area contributed by atoms with E-state index in [1.165, 1.54) is 0 Å². The van der Waals surface area contributed by atoms with Gasteiger partial charge >= 0.3 is 5.69 Å². The van der Waals surface area contributed by atoms with E-state index in [-0.39, 0.29) is 0 Å². The van der Waals surface area contributed by atoms with Crippen molar-refractivity contribution in [1.29, 1.82) is 0 Å². The summed E-state index contributed by atoms with van der Waals surface area (Å²) in [5, 5.41) is 18.8. The van der Waals surface area contributed by atoms with Crippen molar-refractivity contribution in [3.63, 3.8) is 0 Å². The number of hydrogen-bond donors (Lipinski definition) is 0. The van der Waals surface area contributed by atoms with Crippen molar-refractivity contribution in [2.24, 2.45) is 0 Å². The first kappa shape index (κ1) is 14.0. The van der Waals surface area contributed by atoms with Crippen LogP contribution in [-0.2, 0) is 0 Å². The molecule has 0 heterocycles. The van der Waals surface area contributed by atoms with Crippen LogP contribution in [0.5, 0.6) is 0 Å². The van der Waals surface area contributed by atoms with Crippen LogP contribution >= 0.6 is 23.2 Å². The molecule has 1 aromatic carbocycles. The van der Waals surface area contributed by atoms with Gasteiger partial charge in [0, 0.05) is 6.07 Å². The number of hydrogen-bond acceptors (Lipinski definition) is 6. The van der Waals surface area contributed by atoms with Crippen LogP contribution in [0.25, 0.3) is 0 Å². The Kier molecular flexibility index (Phi) is 3.94. The van der Waals surface area contributed by atoms with E-state index in [4.69, 9.17) is 23.2 Å². The van der Waals surface area contributed by atoms with Crippen LogP contribution in [0.3, 0.4) is 0 Å². The molecule has 94 valence electrons. The molecular weight excluding hydrogens is 291 g/mol. The molecule has 0 aromatic heterocycles. The predicted octanol–water partition coefficient (Wildman–Crippen LogP) is 2.26. The number of nitro groups is 2. The minimum atomic E-state index is -1.42. The van der Waals surface area contributed by atoms with Gasteiger partial charge in [0.2, 0.25) is 0 Å². The van der Waals surface area contributed by atoms with Crippen LogP contribution in [0, 0.1) is 20.2 Å². The van der Waals surface area contributed by atoms with E-state index >= 15 is 0 Å². The molecule has 8 nitrogen and oxygen atoms in total. The van der Waals surface area contributed by atoms with Gasteiger partial charge in [-0.1, -0.05) is 0 Å². The highest BCUT2D eigenvalue weighted by Gasteiger charge is 2.34. The van der Waals surface area contributed by atoms with E-state index in [1.54, 1.807) is 0 Å². The Morgan fingerprint density at radius 3 is 1.89 bits per heavy atom.